The van der Waals surface area contributed by atoms with Crippen molar-refractivity contribution in [3.8, 4) is 0 Å². The summed E-state index contributed by atoms with van der Waals surface area (Å²) in [4.78, 5) is 13.1. The first-order chi connectivity index (χ1) is 12.7. The molecule has 156 valence electrons. The van der Waals surface area contributed by atoms with E-state index >= 15 is 0 Å². The molecule has 0 unspecified atom stereocenters. The van der Waals surface area contributed by atoms with E-state index in [2.05, 4.69) is 98.8 Å². The van der Waals surface area contributed by atoms with Crippen molar-refractivity contribution >= 4 is 70.6 Å². The molecule has 2 nitrogen and oxygen atoms in total. The molecule has 0 saturated carbocycles. The molecule has 0 saturated heterocycles. The zero-order valence-electron chi connectivity index (χ0n) is 21.2. The van der Waals surface area contributed by atoms with Crippen LogP contribution < -0.4 is 0 Å². The van der Waals surface area contributed by atoms with Crippen molar-refractivity contribution in [2.24, 2.45) is 0 Å². The molecule has 0 aliphatic heterocycles. The first-order valence-corrected chi connectivity index (χ1v) is 14.5. The maximum Gasteiger partial charge on any atom is 2.00 e. The number of rotatable bonds is 8. The summed E-state index contributed by atoms with van der Waals surface area (Å²) in [5.74, 6) is 0.286. The zero-order valence-corrected chi connectivity index (χ0v) is 23.8. The van der Waals surface area contributed by atoms with Gasteiger partial charge in [-0.15, -0.1) is 0 Å². The van der Waals surface area contributed by atoms with Crippen LogP contribution in [0.1, 0.15) is 69.7 Å². The van der Waals surface area contributed by atoms with Crippen molar-refractivity contribution in [2.45, 2.75) is 84.4 Å². The van der Waals surface area contributed by atoms with Gasteiger partial charge in [-0.2, -0.15) is 0 Å². The van der Waals surface area contributed by atoms with Crippen LogP contribution in [-0.2, 0) is 11.2 Å². The molecule has 0 N–H and O–H groups in total. The predicted octanol–water partition coefficient (Wildman–Crippen LogP) is 7.47. The van der Waals surface area contributed by atoms with Gasteiger partial charge >= 0.3 is 23.1 Å². The fourth-order valence-corrected chi connectivity index (χ4v) is 11.7. The molecule has 28 heavy (non-hydrogen) atoms. The number of aromatic nitrogens is 1. The van der Waals surface area contributed by atoms with Crippen molar-refractivity contribution in [2.75, 3.05) is 4.93 Å². The van der Waals surface area contributed by atoms with E-state index < -0.39 is 8.24 Å². The van der Waals surface area contributed by atoms with E-state index in [4.69, 9.17) is 0 Å². The summed E-state index contributed by atoms with van der Waals surface area (Å²) in [6, 6.07) is 9.19. The van der Waals surface area contributed by atoms with Crippen LogP contribution in [0.15, 0.2) is 30.5 Å². The molecule has 0 aliphatic rings. The largest absolute Gasteiger partial charge is 2.00 e. The number of ketones is 1. The summed E-state index contributed by atoms with van der Waals surface area (Å²) in [6.45, 7) is 16.1. The van der Waals surface area contributed by atoms with Crippen LogP contribution in [0.3, 0.4) is 0 Å². The molecule has 2 rings (SSSR count). The Labute approximate surface area is 206 Å². The molecule has 0 aliphatic carbocycles. The Morgan fingerprint density at radius 1 is 1.04 bits per heavy atom. The van der Waals surface area contributed by atoms with Gasteiger partial charge in [0.15, 0.2) is 8.24 Å². The van der Waals surface area contributed by atoms with Crippen molar-refractivity contribution in [1.29, 1.82) is 0 Å². The topological polar surface area (TPSA) is 22.0 Å². The van der Waals surface area contributed by atoms with Gasteiger partial charge in [-0.05, 0) is 76.7 Å². The monoisotopic (exact) mass is 525 g/mol. The summed E-state index contributed by atoms with van der Waals surface area (Å²) in [6.07, 6.45) is 4.96. The molecule has 0 spiro atoms. The molecule has 0 bridgehead atoms. The third-order valence-electron chi connectivity index (χ3n) is 5.94. The average Bonchev–Trinajstić information content (AvgIpc) is 2.99. The van der Waals surface area contributed by atoms with Gasteiger partial charge in [0.25, 0.3) is 0 Å². The first-order valence-electron chi connectivity index (χ1n) is 10.2. The molecular weight excluding hydrogens is 486 g/mol. The maximum absolute atomic E-state index is 11.2. The van der Waals surface area contributed by atoms with Crippen LogP contribution >= 0.6 is 22.6 Å². The minimum atomic E-state index is -1.70. The number of hydrogen-bond donors (Lipinski definition) is 0. The van der Waals surface area contributed by atoms with Gasteiger partial charge in [-0.25, -0.2) is 0 Å². The number of alkyl halides is 1. The Morgan fingerprint density at radius 2 is 1.57 bits per heavy atom. The van der Waals surface area contributed by atoms with Gasteiger partial charge in [0, 0.05) is 11.9 Å². The van der Waals surface area contributed by atoms with E-state index in [0.717, 1.165) is 12.8 Å². The number of aryl methyl sites for hydroxylation is 1. The predicted molar refractivity (Wildman–Crippen MR) is 140 cm³/mol. The first kappa shape index (κ1) is 28.1. The number of nitrogens with zero attached hydrogens (tertiary/aromatic N) is 1. The van der Waals surface area contributed by atoms with Gasteiger partial charge in [0.05, 0.1) is 0 Å². The van der Waals surface area contributed by atoms with Crippen molar-refractivity contribution < 1.29 is 7.65 Å². The van der Waals surface area contributed by atoms with Crippen LogP contribution in [-0.4, -0.2) is 46.2 Å². The second-order valence-electron chi connectivity index (χ2n) is 8.49. The number of fused-ring (bicyclic) bond motifs is 1. The van der Waals surface area contributed by atoms with E-state index in [1.165, 1.54) is 16.5 Å². The third-order valence-corrected chi connectivity index (χ3v) is 12.7. The second kappa shape index (κ2) is 12.8. The van der Waals surface area contributed by atoms with E-state index in [0.29, 0.717) is 23.0 Å². The summed E-state index contributed by atoms with van der Waals surface area (Å²) in [5, 5.41) is 1.35. The number of carbonyl (C=O) groups is 1. The minimum Gasteiger partial charge on any atom is -1.00 e. The van der Waals surface area contributed by atoms with Gasteiger partial charge in [-0.3, -0.25) is 0 Å². The van der Waals surface area contributed by atoms with E-state index in [9.17, 15) is 4.79 Å². The van der Waals surface area contributed by atoms with Crippen molar-refractivity contribution in [3.63, 3.8) is 0 Å². The van der Waals surface area contributed by atoms with E-state index in [-0.39, 0.29) is 31.7 Å². The van der Waals surface area contributed by atoms with Crippen molar-refractivity contribution in [3.05, 3.63) is 36.0 Å². The van der Waals surface area contributed by atoms with Crippen LogP contribution in [0.4, 0.5) is 0 Å². The summed E-state index contributed by atoms with van der Waals surface area (Å²) >= 11 is 2.15. The Hall–Kier alpha value is 0.143. The summed E-state index contributed by atoms with van der Waals surface area (Å²) in [5.41, 5.74) is 4.81. The molecule has 0 radical (unpaired) electrons. The molecule has 1 aromatic carbocycles. The van der Waals surface area contributed by atoms with Gasteiger partial charge < -0.3 is 11.9 Å². The zero-order chi connectivity index (χ0) is 20.8. The maximum atomic E-state index is 11.2. The summed E-state index contributed by atoms with van der Waals surface area (Å²) in [7, 11) is -1.70. The number of hydrogen-bond acceptors (Lipinski definition) is 1. The molecule has 2 aromatic rings. The fraction of sp³-hybridized carbons (Fsp3) is 0.609. The molecule has 1 aromatic heterocycles. The van der Waals surface area contributed by atoms with Crippen molar-refractivity contribution in [1.82, 2.24) is 4.23 Å². The molecule has 0 amide bonds. The standard InChI is InChI=1S/C22H35NOSi.CH3I.Mg.2H/c1-16(2)25(17(3)4,18(5)6)23-14-13-21-15-20(11-12-22(21)23)10-8-9-19(7)24;1-2;;;/h11-18H,8-10H2,1-7H3;1H3;;;/q;;+2;2*-1. The van der Waals surface area contributed by atoms with Gasteiger partial charge in [0.1, 0.15) is 5.78 Å². The van der Waals surface area contributed by atoms with Crippen LogP contribution in [0.5, 0.6) is 0 Å². The van der Waals surface area contributed by atoms with E-state index in [1.807, 2.05) is 4.93 Å². The molecule has 5 heteroatoms. The Kier molecular flexibility index (Phi) is 12.8. The molecule has 1 heterocycles. The molecular formula is C23H40IMgNOSi. The number of halogens is 1. The van der Waals surface area contributed by atoms with Crippen LogP contribution in [0.25, 0.3) is 10.9 Å². The summed E-state index contributed by atoms with van der Waals surface area (Å²) < 4.78 is 2.67. The average molecular weight is 526 g/mol. The molecule has 0 fully saturated rings. The Balaban J connectivity index is -0.00000141. The second-order valence-corrected chi connectivity index (χ2v) is 14.2. The number of benzene rings is 1. The van der Waals surface area contributed by atoms with Gasteiger partial charge in [-0.1, -0.05) is 70.2 Å². The van der Waals surface area contributed by atoms with E-state index in [1.54, 1.807) is 6.92 Å². The quantitative estimate of drug-likeness (QED) is 0.199. The SMILES string of the molecule is CC(=O)CCCc1ccc2c(ccn2[Si](C(C)C)(C(C)C)C(C)C)c1.CI.[H-].[H-].[Mg+2]. The smallest absolute Gasteiger partial charge is 1.00 e. The number of Topliss-reactive ketones (excluding diaryl/α,β-unsaturated/α-hetero) is 1. The van der Waals surface area contributed by atoms with Crippen LogP contribution in [0.2, 0.25) is 16.6 Å². The molecule has 0 atom stereocenters. The number of carbonyl (C=O) groups excluding carboxylic acids is 1. The normalized spacial score (nSPS) is 11.6. The third kappa shape index (κ3) is 6.08. The Morgan fingerprint density at radius 3 is 2.04 bits per heavy atom. The van der Waals surface area contributed by atoms with Gasteiger partial charge in [0.2, 0.25) is 0 Å². The Bertz CT molecular complexity index is 728. The minimum absolute atomic E-state index is 0. The van der Waals surface area contributed by atoms with Crippen LogP contribution in [0, 0.1) is 0 Å². The fourth-order valence-electron chi connectivity index (χ4n) is 5.06.